The van der Waals surface area contributed by atoms with Crippen molar-refractivity contribution in [3.05, 3.63) is 59.7 Å². The van der Waals surface area contributed by atoms with Gasteiger partial charge in [0.2, 0.25) is 0 Å². The zero-order valence-electron chi connectivity index (χ0n) is 13.0. The highest BCUT2D eigenvalue weighted by Crippen LogP contribution is 2.26. The molecule has 0 spiro atoms. The van der Waals surface area contributed by atoms with E-state index in [9.17, 15) is 18.0 Å². The molecular weight excluding hydrogens is 334 g/mol. The number of nitrogens with one attached hydrogen (secondary N) is 1. The highest BCUT2D eigenvalue weighted by atomic mass is 32.2. The molecule has 0 bridgehead atoms. The second-order valence-corrected chi connectivity index (χ2v) is 6.31. The maximum atomic E-state index is 12.5. The van der Waals surface area contributed by atoms with Crippen LogP contribution >= 0.6 is 0 Å². The van der Waals surface area contributed by atoms with Gasteiger partial charge in [0.1, 0.15) is 0 Å². The molecule has 0 aliphatic heterocycles. The Balaban J connectivity index is 2.59. The van der Waals surface area contributed by atoms with Gasteiger partial charge in [0.05, 0.1) is 35.9 Å². The number of hydrogen-bond donors (Lipinski definition) is 1. The van der Waals surface area contributed by atoms with Crippen LogP contribution in [0.25, 0.3) is 0 Å². The number of methoxy groups -OCH3 is 2. The molecule has 2 aromatic carbocycles. The van der Waals surface area contributed by atoms with E-state index in [0.717, 1.165) is 14.2 Å². The Labute approximate surface area is 139 Å². The second-order valence-electron chi connectivity index (χ2n) is 4.63. The molecule has 0 saturated carbocycles. The molecule has 24 heavy (non-hydrogen) atoms. The summed E-state index contributed by atoms with van der Waals surface area (Å²) in [5.74, 6) is -1.57. The van der Waals surface area contributed by atoms with Gasteiger partial charge in [0.15, 0.2) is 0 Å². The van der Waals surface area contributed by atoms with Crippen LogP contribution in [0.2, 0.25) is 0 Å². The second kappa shape index (κ2) is 7.14. The first-order valence-electron chi connectivity index (χ1n) is 6.78. The summed E-state index contributed by atoms with van der Waals surface area (Å²) in [6.07, 6.45) is 0. The highest BCUT2D eigenvalue weighted by Gasteiger charge is 2.24. The topological polar surface area (TPSA) is 98.8 Å². The van der Waals surface area contributed by atoms with E-state index in [1.54, 1.807) is 18.2 Å². The lowest BCUT2D eigenvalue weighted by Gasteiger charge is -2.14. The number of carbonyl (C=O) groups excluding carboxylic acids is 2. The number of hydrogen-bond acceptors (Lipinski definition) is 6. The summed E-state index contributed by atoms with van der Waals surface area (Å²) in [5, 5.41) is 0. The number of anilines is 1. The van der Waals surface area contributed by atoms with Gasteiger partial charge in [-0.3, -0.25) is 4.72 Å². The third-order valence-electron chi connectivity index (χ3n) is 3.17. The molecule has 0 heterocycles. The zero-order chi connectivity index (χ0) is 17.7. The van der Waals surface area contributed by atoms with Crippen molar-refractivity contribution in [2.75, 3.05) is 18.9 Å². The maximum absolute atomic E-state index is 12.5. The van der Waals surface area contributed by atoms with Gasteiger partial charge in [0, 0.05) is 0 Å². The van der Waals surface area contributed by atoms with Crippen LogP contribution in [-0.4, -0.2) is 34.6 Å². The lowest BCUT2D eigenvalue weighted by atomic mass is 10.1. The van der Waals surface area contributed by atoms with Crippen molar-refractivity contribution in [3.63, 3.8) is 0 Å². The van der Waals surface area contributed by atoms with E-state index in [4.69, 9.17) is 0 Å². The highest BCUT2D eigenvalue weighted by molar-refractivity contribution is 7.92. The van der Waals surface area contributed by atoms with Crippen LogP contribution in [0, 0.1) is 0 Å². The quantitative estimate of drug-likeness (QED) is 0.830. The van der Waals surface area contributed by atoms with E-state index in [1.807, 2.05) is 0 Å². The molecule has 0 saturated heterocycles. The van der Waals surface area contributed by atoms with Crippen molar-refractivity contribution in [2.24, 2.45) is 0 Å². The number of carbonyl (C=O) groups is 2. The summed E-state index contributed by atoms with van der Waals surface area (Å²) >= 11 is 0. The predicted molar refractivity (Wildman–Crippen MR) is 86.4 cm³/mol. The van der Waals surface area contributed by atoms with Crippen molar-refractivity contribution < 1.29 is 27.5 Å². The molecule has 0 amide bonds. The third kappa shape index (κ3) is 3.54. The van der Waals surface area contributed by atoms with Crippen LogP contribution in [0.3, 0.4) is 0 Å². The molecule has 7 nitrogen and oxygen atoms in total. The molecule has 0 fully saturated rings. The fourth-order valence-electron chi connectivity index (χ4n) is 2.02. The monoisotopic (exact) mass is 349 g/mol. The molecule has 126 valence electrons. The van der Waals surface area contributed by atoms with Crippen LogP contribution < -0.4 is 4.72 Å². The van der Waals surface area contributed by atoms with Gasteiger partial charge in [-0.25, -0.2) is 18.0 Å². The predicted octanol–water partition coefficient (Wildman–Crippen LogP) is 2.06. The van der Waals surface area contributed by atoms with Crippen LogP contribution in [0.4, 0.5) is 5.69 Å². The van der Waals surface area contributed by atoms with Gasteiger partial charge in [-0.2, -0.15) is 0 Å². The van der Waals surface area contributed by atoms with Crippen molar-refractivity contribution in [2.45, 2.75) is 4.90 Å². The van der Waals surface area contributed by atoms with E-state index < -0.39 is 22.0 Å². The van der Waals surface area contributed by atoms with E-state index in [1.165, 1.54) is 30.3 Å². The van der Waals surface area contributed by atoms with Gasteiger partial charge >= 0.3 is 11.9 Å². The molecule has 0 atom stereocenters. The average Bonchev–Trinajstić information content (AvgIpc) is 2.61. The summed E-state index contributed by atoms with van der Waals surface area (Å²) in [4.78, 5) is 23.8. The molecule has 1 N–H and O–H groups in total. The summed E-state index contributed by atoms with van der Waals surface area (Å²) < 4.78 is 36.6. The Hall–Kier alpha value is -2.87. The lowest BCUT2D eigenvalue weighted by Crippen LogP contribution is -2.19. The van der Waals surface area contributed by atoms with Gasteiger partial charge in [-0.15, -0.1) is 0 Å². The minimum Gasteiger partial charge on any atom is -0.465 e. The smallest absolute Gasteiger partial charge is 0.340 e. The fraction of sp³-hybridized carbons (Fsp3) is 0.125. The Kier molecular flexibility index (Phi) is 5.20. The minimum atomic E-state index is -4.01. The maximum Gasteiger partial charge on any atom is 0.340 e. The Morgan fingerprint density at radius 2 is 1.33 bits per heavy atom. The lowest BCUT2D eigenvalue weighted by molar-refractivity contribution is 0.0601. The van der Waals surface area contributed by atoms with Gasteiger partial charge in [-0.05, 0) is 24.3 Å². The van der Waals surface area contributed by atoms with Crippen LogP contribution in [0.5, 0.6) is 0 Å². The number of ether oxygens (including phenoxy) is 2. The molecule has 0 radical (unpaired) electrons. The van der Waals surface area contributed by atoms with Gasteiger partial charge in [0.25, 0.3) is 10.0 Å². The Morgan fingerprint density at radius 1 is 0.833 bits per heavy atom. The van der Waals surface area contributed by atoms with Crippen LogP contribution in [0.1, 0.15) is 20.7 Å². The molecule has 2 rings (SSSR count). The normalized spacial score (nSPS) is 10.8. The van der Waals surface area contributed by atoms with E-state index in [2.05, 4.69) is 14.2 Å². The molecule has 0 aliphatic rings. The molecular formula is C16H15NO6S. The molecule has 2 aromatic rings. The molecule has 0 aliphatic carbocycles. The van der Waals surface area contributed by atoms with Gasteiger partial charge < -0.3 is 9.47 Å². The van der Waals surface area contributed by atoms with Crippen molar-refractivity contribution in [1.82, 2.24) is 0 Å². The average molecular weight is 349 g/mol. The third-order valence-corrected chi connectivity index (χ3v) is 4.53. The largest absolute Gasteiger partial charge is 0.465 e. The first-order chi connectivity index (χ1) is 11.4. The SMILES string of the molecule is COC(=O)c1cccc(C(=O)OC)c1NS(=O)(=O)c1ccccc1. The van der Waals surface area contributed by atoms with Crippen LogP contribution in [-0.2, 0) is 19.5 Å². The standard InChI is InChI=1S/C16H15NO6S/c1-22-15(18)12-9-6-10-13(16(19)23-2)14(12)17-24(20,21)11-7-4-3-5-8-11/h3-10,17H,1-2H3. The number of esters is 2. The first-order valence-corrected chi connectivity index (χ1v) is 8.26. The number of benzene rings is 2. The van der Waals surface area contributed by atoms with E-state index >= 15 is 0 Å². The van der Waals surface area contributed by atoms with E-state index in [0.29, 0.717) is 0 Å². The summed E-state index contributed by atoms with van der Waals surface area (Å²) in [5.41, 5.74) is -0.389. The first kappa shape index (κ1) is 17.5. The minimum absolute atomic E-state index is 0.0134. The Bertz CT molecular complexity index is 827. The molecule has 8 heteroatoms. The summed E-state index contributed by atoms with van der Waals surface area (Å²) in [6.45, 7) is 0. The summed E-state index contributed by atoms with van der Waals surface area (Å²) in [6, 6.07) is 11.7. The van der Waals surface area contributed by atoms with Crippen molar-refractivity contribution >= 4 is 27.6 Å². The van der Waals surface area contributed by atoms with Crippen molar-refractivity contribution in [1.29, 1.82) is 0 Å². The molecule has 0 unspecified atom stereocenters. The van der Waals surface area contributed by atoms with E-state index in [-0.39, 0.29) is 21.7 Å². The fourth-order valence-corrected chi connectivity index (χ4v) is 3.14. The summed E-state index contributed by atoms with van der Waals surface area (Å²) in [7, 11) is -1.70. The molecule has 0 aromatic heterocycles. The number of para-hydroxylation sites is 1. The number of rotatable bonds is 5. The van der Waals surface area contributed by atoms with Gasteiger partial charge in [-0.1, -0.05) is 24.3 Å². The zero-order valence-corrected chi connectivity index (χ0v) is 13.8. The Morgan fingerprint density at radius 3 is 1.79 bits per heavy atom. The van der Waals surface area contributed by atoms with Crippen LogP contribution in [0.15, 0.2) is 53.4 Å². The number of sulfonamides is 1. The van der Waals surface area contributed by atoms with Crippen molar-refractivity contribution in [3.8, 4) is 0 Å².